The Kier molecular flexibility index (Phi) is 2.14. The number of anilines is 1. The van der Waals surface area contributed by atoms with Gasteiger partial charge in [0.2, 0.25) is 5.88 Å². The molecule has 0 atom stereocenters. The molecule has 0 amide bonds. The molecule has 0 fully saturated rings. The molecule has 0 spiro atoms. The first-order chi connectivity index (χ1) is 7.27. The van der Waals surface area contributed by atoms with Gasteiger partial charge in [0.25, 0.3) is 0 Å². The van der Waals surface area contributed by atoms with Crippen molar-refractivity contribution in [1.82, 2.24) is 4.98 Å². The monoisotopic (exact) mass is 199 g/mol. The van der Waals surface area contributed by atoms with Crippen LogP contribution in [-0.4, -0.2) is 12.1 Å². The summed E-state index contributed by atoms with van der Waals surface area (Å²) >= 11 is 0. The molecule has 2 rings (SSSR count). The minimum absolute atomic E-state index is 0.272. The highest BCUT2D eigenvalue weighted by molar-refractivity contribution is 5.93. The first-order valence-electron chi connectivity index (χ1n) is 4.40. The lowest BCUT2D eigenvalue weighted by molar-refractivity contribution is 0.398. The number of pyridine rings is 1. The Balaban J connectivity index is 2.89. The maximum atomic E-state index is 8.94. The summed E-state index contributed by atoms with van der Waals surface area (Å²) < 4.78 is 5.01. The highest BCUT2D eigenvalue weighted by Crippen LogP contribution is 2.28. The van der Waals surface area contributed by atoms with E-state index in [-0.39, 0.29) is 11.4 Å². The molecule has 1 aromatic heterocycles. The molecule has 4 heteroatoms. The number of nitrogens with zero attached hydrogens (tertiary/aromatic N) is 2. The number of nitrogen functional groups attached to an aromatic ring is 1. The fraction of sp³-hybridized carbons (Fsp3) is 0.0909. The van der Waals surface area contributed by atoms with Crippen molar-refractivity contribution in [2.24, 2.45) is 0 Å². The van der Waals surface area contributed by atoms with Gasteiger partial charge in [-0.15, -0.1) is 0 Å². The number of rotatable bonds is 1. The summed E-state index contributed by atoms with van der Waals surface area (Å²) in [5.74, 6) is 0.272. The molecule has 15 heavy (non-hydrogen) atoms. The fourth-order valence-electron chi connectivity index (χ4n) is 1.47. The summed E-state index contributed by atoms with van der Waals surface area (Å²) in [7, 11) is 1.47. The van der Waals surface area contributed by atoms with Crippen LogP contribution in [0.25, 0.3) is 10.9 Å². The maximum Gasteiger partial charge on any atom is 0.234 e. The normalized spacial score (nSPS) is 9.87. The number of hydrogen-bond acceptors (Lipinski definition) is 4. The van der Waals surface area contributed by atoms with Gasteiger partial charge in [0.15, 0.2) is 0 Å². The summed E-state index contributed by atoms with van der Waals surface area (Å²) in [5.41, 5.74) is 7.30. The van der Waals surface area contributed by atoms with Gasteiger partial charge in [0.1, 0.15) is 11.6 Å². The van der Waals surface area contributed by atoms with Gasteiger partial charge in [0, 0.05) is 5.39 Å². The van der Waals surface area contributed by atoms with E-state index in [0.717, 1.165) is 10.9 Å². The molecule has 0 bridgehead atoms. The Bertz CT molecular complexity index is 557. The van der Waals surface area contributed by atoms with Crippen LogP contribution in [0.4, 0.5) is 5.69 Å². The molecule has 1 aromatic carbocycles. The van der Waals surface area contributed by atoms with E-state index in [4.69, 9.17) is 15.7 Å². The van der Waals surface area contributed by atoms with Gasteiger partial charge >= 0.3 is 0 Å². The predicted octanol–water partition coefficient (Wildman–Crippen LogP) is 1.70. The van der Waals surface area contributed by atoms with Crippen molar-refractivity contribution in [2.75, 3.05) is 12.8 Å². The van der Waals surface area contributed by atoms with Gasteiger partial charge in [-0.05, 0) is 6.07 Å². The molecule has 0 aliphatic heterocycles. The van der Waals surface area contributed by atoms with E-state index in [2.05, 4.69) is 4.98 Å². The molecule has 0 aliphatic rings. The van der Waals surface area contributed by atoms with E-state index in [1.54, 1.807) is 0 Å². The second kappa shape index (κ2) is 3.46. The van der Waals surface area contributed by atoms with Gasteiger partial charge in [-0.2, -0.15) is 5.26 Å². The topological polar surface area (TPSA) is 71.9 Å². The summed E-state index contributed by atoms with van der Waals surface area (Å²) in [6.07, 6.45) is 0. The summed E-state index contributed by atoms with van der Waals surface area (Å²) in [5, 5.41) is 9.71. The number of nitrogens with two attached hydrogens (primary N) is 1. The van der Waals surface area contributed by atoms with Crippen LogP contribution in [0.1, 0.15) is 5.56 Å². The summed E-state index contributed by atoms with van der Waals surface area (Å²) in [6, 6.07) is 9.37. The molecule has 0 unspecified atom stereocenters. The number of methoxy groups -OCH3 is 1. The molecular formula is C11H9N3O. The van der Waals surface area contributed by atoms with Crippen LogP contribution in [0.15, 0.2) is 24.3 Å². The number of para-hydroxylation sites is 1. The van der Waals surface area contributed by atoms with Gasteiger partial charge in [-0.25, -0.2) is 4.98 Å². The van der Waals surface area contributed by atoms with E-state index >= 15 is 0 Å². The van der Waals surface area contributed by atoms with E-state index in [1.807, 2.05) is 30.3 Å². The molecular weight excluding hydrogens is 190 g/mol. The zero-order valence-corrected chi connectivity index (χ0v) is 8.19. The van der Waals surface area contributed by atoms with Crippen LogP contribution >= 0.6 is 0 Å². The summed E-state index contributed by atoms with van der Waals surface area (Å²) in [6.45, 7) is 0. The minimum Gasteiger partial charge on any atom is -0.480 e. The lowest BCUT2D eigenvalue weighted by Crippen LogP contribution is -1.99. The van der Waals surface area contributed by atoms with Crippen LogP contribution in [0.5, 0.6) is 5.88 Å². The lowest BCUT2D eigenvalue weighted by atomic mass is 10.1. The Labute approximate surface area is 86.9 Å². The third-order valence-electron chi connectivity index (χ3n) is 2.20. The molecule has 1 heterocycles. The molecule has 4 nitrogen and oxygen atoms in total. The molecule has 0 saturated heterocycles. The standard InChI is InChI=1S/C11H9N3O/c1-15-11-8(6-12)10(13)7-4-2-3-5-9(7)14-11/h2-5H,1H3,(H2,13,14). The van der Waals surface area contributed by atoms with Crippen molar-refractivity contribution in [2.45, 2.75) is 0 Å². The van der Waals surface area contributed by atoms with Crippen molar-refractivity contribution < 1.29 is 4.74 Å². The number of aromatic nitrogens is 1. The van der Waals surface area contributed by atoms with Crippen LogP contribution in [-0.2, 0) is 0 Å². The summed E-state index contributed by atoms with van der Waals surface area (Å²) in [4.78, 5) is 4.20. The zero-order chi connectivity index (χ0) is 10.8. The van der Waals surface area contributed by atoms with Gasteiger partial charge in [0.05, 0.1) is 18.3 Å². The molecule has 0 saturated carbocycles. The number of nitriles is 1. The van der Waals surface area contributed by atoms with E-state index in [0.29, 0.717) is 5.69 Å². The van der Waals surface area contributed by atoms with Crippen molar-refractivity contribution in [3.8, 4) is 11.9 Å². The van der Waals surface area contributed by atoms with Gasteiger partial charge < -0.3 is 10.5 Å². The highest BCUT2D eigenvalue weighted by Gasteiger charge is 2.12. The van der Waals surface area contributed by atoms with E-state index in [1.165, 1.54) is 7.11 Å². The lowest BCUT2D eigenvalue weighted by Gasteiger charge is -2.07. The van der Waals surface area contributed by atoms with Crippen molar-refractivity contribution in [3.63, 3.8) is 0 Å². The van der Waals surface area contributed by atoms with Crippen molar-refractivity contribution >= 4 is 16.6 Å². The third kappa shape index (κ3) is 1.34. The predicted molar refractivity (Wildman–Crippen MR) is 57.4 cm³/mol. The Morgan fingerprint density at radius 2 is 2.13 bits per heavy atom. The molecule has 2 aromatic rings. The fourth-order valence-corrected chi connectivity index (χ4v) is 1.47. The van der Waals surface area contributed by atoms with Crippen LogP contribution < -0.4 is 10.5 Å². The van der Waals surface area contributed by atoms with E-state index in [9.17, 15) is 0 Å². The molecule has 74 valence electrons. The first kappa shape index (κ1) is 9.28. The number of fused-ring (bicyclic) bond motifs is 1. The second-order valence-electron chi connectivity index (χ2n) is 3.04. The molecule has 2 N–H and O–H groups in total. The zero-order valence-electron chi connectivity index (χ0n) is 8.19. The first-order valence-corrected chi connectivity index (χ1v) is 4.40. The van der Waals surface area contributed by atoms with Crippen LogP contribution in [0, 0.1) is 11.3 Å². The number of ether oxygens (including phenoxy) is 1. The molecule has 0 radical (unpaired) electrons. The number of benzene rings is 1. The maximum absolute atomic E-state index is 8.94. The van der Waals surface area contributed by atoms with Gasteiger partial charge in [-0.1, -0.05) is 18.2 Å². The van der Waals surface area contributed by atoms with E-state index < -0.39 is 0 Å². The van der Waals surface area contributed by atoms with Crippen molar-refractivity contribution in [3.05, 3.63) is 29.8 Å². The average Bonchev–Trinajstić information content (AvgIpc) is 2.29. The number of hydrogen-bond donors (Lipinski definition) is 1. The highest BCUT2D eigenvalue weighted by atomic mass is 16.5. The largest absolute Gasteiger partial charge is 0.480 e. The SMILES string of the molecule is COc1nc2ccccc2c(N)c1C#N. The minimum atomic E-state index is 0.272. The average molecular weight is 199 g/mol. The Morgan fingerprint density at radius 1 is 1.40 bits per heavy atom. The second-order valence-corrected chi connectivity index (χ2v) is 3.04. The Hall–Kier alpha value is -2.28. The van der Waals surface area contributed by atoms with Crippen LogP contribution in [0.2, 0.25) is 0 Å². The molecule has 0 aliphatic carbocycles. The Morgan fingerprint density at radius 3 is 2.80 bits per heavy atom. The quantitative estimate of drug-likeness (QED) is 0.758. The van der Waals surface area contributed by atoms with Gasteiger partial charge in [-0.3, -0.25) is 0 Å². The smallest absolute Gasteiger partial charge is 0.234 e. The van der Waals surface area contributed by atoms with Crippen LogP contribution in [0.3, 0.4) is 0 Å². The third-order valence-corrected chi connectivity index (χ3v) is 2.20. The van der Waals surface area contributed by atoms with Crippen molar-refractivity contribution in [1.29, 1.82) is 5.26 Å².